The van der Waals surface area contributed by atoms with Crippen molar-refractivity contribution in [1.29, 1.82) is 0 Å². The smallest absolute Gasteiger partial charge is 0.339 e. The third-order valence-corrected chi connectivity index (χ3v) is 9.54. The maximum atomic E-state index is 14.2. The monoisotopic (exact) mass is 572 g/mol. The molecule has 2 aromatic rings. The molecule has 3 unspecified atom stereocenters. The molecule has 3 fully saturated rings. The predicted octanol–water partition coefficient (Wildman–Crippen LogP) is 5.06. The molecule has 0 radical (unpaired) electrons. The molecule has 196 valence electrons. The van der Waals surface area contributed by atoms with Crippen molar-refractivity contribution >= 4 is 39.6 Å². The summed E-state index contributed by atoms with van der Waals surface area (Å²) < 4.78 is 22.5. The van der Waals surface area contributed by atoms with E-state index < -0.39 is 52.7 Å². The molecule has 2 aliphatic carbocycles. The van der Waals surface area contributed by atoms with Crippen molar-refractivity contribution in [1.82, 2.24) is 0 Å². The number of ketones is 1. The maximum Gasteiger partial charge on any atom is 0.339 e. The number of esters is 3. The van der Waals surface area contributed by atoms with Gasteiger partial charge in [0.05, 0.1) is 37.0 Å². The van der Waals surface area contributed by atoms with Crippen LogP contribution in [0.25, 0.3) is 0 Å². The molecule has 5 rings (SSSR count). The molecule has 9 heteroatoms. The van der Waals surface area contributed by atoms with Crippen molar-refractivity contribution in [2.45, 2.75) is 51.7 Å². The second-order valence-electron chi connectivity index (χ2n) is 10.8. The summed E-state index contributed by atoms with van der Waals surface area (Å²) in [6.45, 7) is 3.86. The molecule has 0 spiro atoms. The van der Waals surface area contributed by atoms with Gasteiger partial charge in [0, 0.05) is 22.4 Å². The number of methoxy groups -OCH3 is 1. The number of ether oxygens (including phenoxy) is 3. The minimum atomic E-state index is -1.15. The van der Waals surface area contributed by atoms with Gasteiger partial charge in [0.15, 0.2) is 11.9 Å². The minimum Gasteiger partial charge on any atom is -0.472 e. The summed E-state index contributed by atoms with van der Waals surface area (Å²) in [4.78, 5) is 53.6. The number of furan rings is 1. The molecule has 1 aliphatic heterocycles. The lowest BCUT2D eigenvalue weighted by molar-refractivity contribution is -0.208. The van der Waals surface area contributed by atoms with Crippen LogP contribution in [-0.4, -0.2) is 36.9 Å². The molecule has 7 atom stereocenters. The normalized spacial score (nSPS) is 35.1. The number of halogens is 1. The van der Waals surface area contributed by atoms with Gasteiger partial charge in [0.25, 0.3) is 0 Å². The Balaban J connectivity index is 1.54. The van der Waals surface area contributed by atoms with E-state index in [0.717, 1.165) is 0 Å². The number of carbonyl (C=O) groups is 4. The van der Waals surface area contributed by atoms with Crippen LogP contribution < -0.4 is 0 Å². The van der Waals surface area contributed by atoms with Gasteiger partial charge in [0.1, 0.15) is 6.10 Å². The summed E-state index contributed by atoms with van der Waals surface area (Å²) in [5.74, 6) is -3.67. The third kappa shape index (κ3) is 4.11. The van der Waals surface area contributed by atoms with Crippen molar-refractivity contribution in [2.75, 3.05) is 7.11 Å². The zero-order chi connectivity index (χ0) is 26.5. The first-order chi connectivity index (χ1) is 17.6. The first-order valence-electron chi connectivity index (χ1n) is 12.4. The summed E-state index contributed by atoms with van der Waals surface area (Å²) in [5.41, 5.74) is -0.603. The zero-order valence-electron chi connectivity index (χ0n) is 20.9. The third-order valence-electron chi connectivity index (χ3n) is 8.85. The Morgan fingerprint density at radius 2 is 1.86 bits per heavy atom. The summed E-state index contributed by atoms with van der Waals surface area (Å²) in [7, 11) is 1.32. The standard InChI is InChI=1S/C28H29BrO8/c1-27-10-8-17-26(33)37-21(15-9-11-35-14-15)13-28(17,2)23(27)22(30)20(12-18(27)25(32)34-3)36-24(31)16-6-4-5-7-19(16)29/h4-7,9,11,14,17-18,20-21,23H,8,10,12-13H2,1-3H3/t17?,18-,20-,21?,23-,27?,28-/m0/s1. The first-order valence-corrected chi connectivity index (χ1v) is 13.2. The van der Waals surface area contributed by atoms with E-state index in [9.17, 15) is 19.2 Å². The molecule has 0 amide bonds. The van der Waals surface area contributed by atoms with Crippen LogP contribution in [0.5, 0.6) is 0 Å². The van der Waals surface area contributed by atoms with Gasteiger partial charge in [0.2, 0.25) is 0 Å². The van der Waals surface area contributed by atoms with Gasteiger partial charge < -0.3 is 18.6 Å². The molecule has 2 saturated carbocycles. The molecule has 1 saturated heterocycles. The van der Waals surface area contributed by atoms with Crippen molar-refractivity contribution in [3.8, 4) is 0 Å². The molecule has 1 aromatic carbocycles. The van der Waals surface area contributed by atoms with E-state index in [-0.39, 0.29) is 23.7 Å². The largest absolute Gasteiger partial charge is 0.472 e. The number of rotatable bonds is 4. The fourth-order valence-corrected chi connectivity index (χ4v) is 7.53. The Hall–Kier alpha value is -2.94. The Bertz CT molecular complexity index is 1240. The number of hydrogen-bond donors (Lipinski definition) is 0. The SMILES string of the molecule is COC(=O)[C@@H]1C[C@H](OC(=O)c2ccccc2Br)C(=O)[C@H]2C1(C)CCC1C(=O)OC(c3ccoc3)C[C@@]12C. The fraction of sp³-hybridized carbons (Fsp3) is 0.500. The lowest BCUT2D eigenvalue weighted by Crippen LogP contribution is -2.64. The summed E-state index contributed by atoms with van der Waals surface area (Å²) in [6, 6.07) is 8.53. The fourth-order valence-electron chi connectivity index (χ4n) is 7.08. The molecular weight excluding hydrogens is 544 g/mol. The van der Waals surface area contributed by atoms with Crippen LogP contribution >= 0.6 is 15.9 Å². The number of cyclic esters (lactones) is 1. The highest BCUT2D eigenvalue weighted by Crippen LogP contribution is 2.65. The molecule has 1 aromatic heterocycles. The van der Waals surface area contributed by atoms with E-state index in [2.05, 4.69) is 15.9 Å². The Kier molecular flexibility index (Phi) is 6.54. The van der Waals surface area contributed by atoms with Crippen molar-refractivity contribution in [2.24, 2.45) is 28.6 Å². The molecule has 2 heterocycles. The van der Waals surface area contributed by atoms with Gasteiger partial charge in [-0.15, -0.1) is 0 Å². The number of benzene rings is 1. The number of fused-ring (bicyclic) bond motifs is 3. The summed E-state index contributed by atoms with van der Waals surface area (Å²) in [5, 5.41) is 0. The highest BCUT2D eigenvalue weighted by atomic mass is 79.9. The van der Waals surface area contributed by atoms with Gasteiger partial charge >= 0.3 is 17.9 Å². The zero-order valence-corrected chi connectivity index (χ0v) is 22.5. The summed E-state index contributed by atoms with van der Waals surface area (Å²) >= 11 is 3.35. The number of hydrogen-bond acceptors (Lipinski definition) is 8. The number of carbonyl (C=O) groups excluding carboxylic acids is 4. The van der Waals surface area contributed by atoms with Gasteiger partial charge in [-0.05, 0) is 64.2 Å². The van der Waals surface area contributed by atoms with E-state index in [0.29, 0.717) is 29.3 Å². The van der Waals surface area contributed by atoms with Crippen LogP contribution in [0.2, 0.25) is 0 Å². The van der Waals surface area contributed by atoms with Crippen LogP contribution in [0.1, 0.15) is 61.6 Å². The van der Waals surface area contributed by atoms with Crippen molar-refractivity contribution in [3.63, 3.8) is 0 Å². The van der Waals surface area contributed by atoms with E-state index in [1.165, 1.54) is 19.6 Å². The van der Waals surface area contributed by atoms with Crippen molar-refractivity contribution < 1.29 is 37.8 Å². The van der Waals surface area contributed by atoms with Crippen LogP contribution in [-0.2, 0) is 28.6 Å². The number of Topliss-reactive ketones (excluding diaryl/α,β-unsaturated/α-hetero) is 1. The second kappa shape index (κ2) is 9.42. The van der Waals surface area contributed by atoms with Crippen LogP contribution in [0.3, 0.4) is 0 Å². The Labute approximate surface area is 223 Å². The van der Waals surface area contributed by atoms with Crippen LogP contribution in [0, 0.1) is 28.6 Å². The molecule has 3 aliphatic rings. The van der Waals surface area contributed by atoms with Gasteiger partial charge in [-0.1, -0.05) is 26.0 Å². The Morgan fingerprint density at radius 1 is 1.11 bits per heavy atom. The topological polar surface area (TPSA) is 109 Å². The average Bonchev–Trinajstić information content (AvgIpc) is 3.40. The molecule has 37 heavy (non-hydrogen) atoms. The quantitative estimate of drug-likeness (QED) is 0.369. The molecule has 0 N–H and O–H groups in total. The van der Waals surface area contributed by atoms with Crippen LogP contribution in [0.15, 0.2) is 51.7 Å². The van der Waals surface area contributed by atoms with Gasteiger partial charge in [-0.25, -0.2) is 4.79 Å². The average molecular weight is 573 g/mol. The van der Waals surface area contributed by atoms with E-state index in [4.69, 9.17) is 18.6 Å². The molecule has 8 nitrogen and oxygen atoms in total. The molecular formula is C28H29BrO8. The maximum absolute atomic E-state index is 14.2. The lowest BCUT2D eigenvalue weighted by Gasteiger charge is -2.61. The highest BCUT2D eigenvalue weighted by Gasteiger charge is 2.67. The molecule has 0 bridgehead atoms. The van der Waals surface area contributed by atoms with Crippen LogP contribution in [0.4, 0.5) is 0 Å². The van der Waals surface area contributed by atoms with E-state index in [1.54, 1.807) is 30.3 Å². The lowest BCUT2D eigenvalue weighted by atomic mass is 9.43. The van der Waals surface area contributed by atoms with Gasteiger partial charge in [-0.3, -0.25) is 14.4 Å². The van der Waals surface area contributed by atoms with Crippen molar-refractivity contribution in [3.05, 3.63) is 58.5 Å². The highest BCUT2D eigenvalue weighted by molar-refractivity contribution is 9.10. The van der Waals surface area contributed by atoms with E-state index >= 15 is 0 Å². The predicted molar refractivity (Wildman–Crippen MR) is 133 cm³/mol. The summed E-state index contributed by atoms with van der Waals surface area (Å²) in [6.07, 6.45) is 2.69. The van der Waals surface area contributed by atoms with Gasteiger partial charge in [-0.2, -0.15) is 0 Å². The van der Waals surface area contributed by atoms with E-state index in [1.807, 2.05) is 13.8 Å². The minimum absolute atomic E-state index is 0.0328. The Morgan fingerprint density at radius 3 is 2.54 bits per heavy atom. The first kappa shape index (κ1) is 25.7. The second-order valence-corrected chi connectivity index (χ2v) is 11.7.